The second-order valence-electron chi connectivity index (χ2n) is 6.17. The number of ether oxygens (including phenoxy) is 1. The molecule has 0 saturated heterocycles. The Labute approximate surface area is 163 Å². The average molecular weight is 388 g/mol. The van der Waals surface area contributed by atoms with Gasteiger partial charge in [0.2, 0.25) is 5.88 Å². The van der Waals surface area contributed by atoms with Crippen molar-refractivity contribution in [1.82, 2.24) is 19.7 Å². The van der Waals surface area contributed by atoms with Crippen molar-refractivity contribution < 1.29 is 9.53 Å². The van der Waals surface area contributed by atoms with Gasteiger partial charge in [0.1, 0.15) is 5.56 Å². The number of fused-ring (bicyclic) bond motifs is 1. The molecule has 0 unspecified atom stereocenters. The minimum atomic E-state index is -0.147. The Morgan fingerprint density at radius 2 is 1.96 bits per heavy atom. The van der Waals surface area contributed by atoms with Crippen molar-refractivity contribution in [3.8, 4) is 5.88 Å². The Morgan fingerprint density at radius 3 is 2.63 bits per heavy atom. The molecule has 0 aliphatic heterocycles. The molecule has 1 amide bonds. The number of likely N-dealkylation sites (N-methyl/N-ethyl adjacent to an activating group) is 1. The largest absolute Gasteiger partial charge is 0.479 e. The van der Waals surface area contributed by atoms with Crippen molar-refractivity contribution in [3.05, 3.63) is 36.0 Å². The summed E-state index contributed by atoms with van der Waals surface area (Å²) in [5.41, 5.74) is 1.34. The first kappa shape index (κ1) is 19.3. The number of aryl methyl sites for hydroxylation is 1. The normalized spacial score (nSPS) is 11.3. The van der Waals surface area contributed by atoms with E-state index in [1.807, 2.05) is 24.3 Å². The number of hydrogen-bond donors (Lipinski definition) is 0. The van der Waals surface area contributed by atoms with Crippen LogP contribution in [-0.2, 0) is 7.05 Å². The minimum absolute atomic E-state index is 0.147. The molecule has 0 aliphatic carbocycles. The van der Waals surface area contributed by atoms with Gasteiger partial charge in [-0.15, -0.1) is 5.10 Å². The van der Waals surface area contributed by atoms with Crippen molar-refractivity contribution >= 4 is 32.6 Å². The van der Waals surface area contributed by atoms with Crippen molar-refractivity contribution in [2.45, 2.75) is 13.8 Å². The summed E-state index contributed by atoms with van der Waals surface area (Å²) in [6, 6.07) is 7.93. The van der Waals surface area contributed by atoms with Gasteiger partial charge in [0.15, 0.2) is 5.13 Å². The molecule has 7 nitrogen and oxygen atoms in total. The molecule has 0 atom stereocenters. The SMILES string of the molecule is CCN(CC)CCN(C(=O)c1cn(C)nc1OC)c1nc2ccccc2s1. The van der Waals surface area contributed by atoms with Crippen LogP contribution in [-0.4, -0.2) is 58.9 Å². The maximum absolute atomic E-state index is 13.3. The molecule has 144 valence electrons. The summed E-state index contributed by atoms with van der Waals surface area (Å²) in [4.78, 5) is 22.1. The van der Waals surface area contributed by atoms with Crippen LogP contribution >= 0.6 is 11.3 Å². The lowest BCUT2D eigenvalue weighted by molar-refractivity contribution is 0.0981. The smallest absolute Gasteiger partial charge is 0.267 e. The molecule has 27 heavy (non-hydrogen) atoms. The average Bonchev–Trinajstić information content (AvgIpc) is 3.27. The van der Waals surface area contributed by atoms with E-state index in [0.717, 1.165) is 29.9 Å². The quantitative estimate of drug-likeness (QED) is 0.594. The molecule has 2 aromatic heterocycles. The molecule has 3 aromatic rings. The van der Waals surface area contributed by atoms with Crippen LogP contribution in [0.3, 0.4) is 0 Å². The summed E-state index contributed by atoms with van der Waals surface area (Å²) in [6.07, 6.45) is 1.69. The first-order chi connectivity index (χ1) is 13.1. The molecular formula is C19H25N5O2S. The molecule has 8 heteroatoms. The van der Waals surface area contributed by atoms with Gasteiger partial charge in [-0.1, -0.05) is 37.3 Å². The Kier molecular flexibility index (Phi) is 6.08. The number of rotatable bonds is 8. The molecule has 0 aliphatic rings. The summed E-state index contributed by atoms with van der Waals surface area (Å²) < 4.78 is 7.94. The highest BCUT2D eigenvalue weighted by Gasteiger charge is 2.26. The molecule has 0 spiro atoms. The maximum Gasteiger partial charge on any atom is 0.267 e. The monoisotopic (exact) mass is 387 g/mol. The number of amides is 1. The van der Waals surface area contributed by atoms with Gasteiger partial charge < -0.3 is 9.64 Å². The molecule has 0 bridgehead atoms. The van der Waals surface area contributed by atoms with Crippen molar-refractivity contribution in [2.75, 3.05) is 38.2 Å². The number of anilines is 1. The molecule has 1 aromatic carbocycles. The van der Waals surface area contributed by atoms with E-state index in [4.69, 9.17) is 4.74 Å². The van der Waals surface area contributed by atoms with Gasteiger partial charge in [-0.2, -0.15) is 0 Å². The van der Waals surface area contributed by atoms with Crippen LogP contribution in [0, 0.1) is 0 Å². The minimum Gasteiger partial charge on any atom is -0.479 e. The van der Waals surface area contributed by atoms with Gasteiger partial charge in [0, 0.05) is 26.3 Å². The number of benzene rings is 1. The Bertz CT molecular complexity index is 883. The number of para-hydroxylation sites is 1. The van der Waals surface area contributed by atoms with Crippen LogP contribution in [0.25, 0.3) is 10.2 Å². The Balaban J connectivity index is 1.96. The lowest BCUT2D eigenvalue weighted by Crippen LogP contribution is -2.38. The van der Waals surface area contributed by atoms with Crippen LogP contribution in [0.2, 0.25) is 0 Å². The zero-order chi connectivity index (χ0) is 19.4. The molecule has 3 rings (SSSR count). The second kappa shape index (κ2) is 8.49. The van der Waals surface area contributed by atoms with E-state index in [-0.39, 0.29) is 5.91 Å². The number of carbonyl (C=O) groups excluding carboxylic acids is 1. The number of methoxy groups -OCH3 is 1. The van der Waals surface area contributed by atoms with Gasteiger partial charge in [0.25, 0.3) is 5.91 Å². The molecule has 0 saturated carbocycles. The summed E-state index contributed by atoms with van der Waals surface area (Å²) in [5, 5.41) is 4.91. The predicted octanol–water partition coefficient (Wildman–Crippen LogP) is 3.03. The summed E-state index contributed by atoms with van der Waals surface area (Å²) in [7, 11) is 3.30. The number of aromatic nitrogens is 3. The van der Waals surface area contributed by atoms with E-state index >= 15 is 0 Å². The van der Waals surface area contributed by atoms with Gasteiger partial charge in [-0.05, 0) is 25.2 Å². The highest BCUT2D eigenvalue weighted by Crippen LogP contribution is 2.30. The highest BCUT2D eigenvalue weighted by molar-refractivity contribution is 7.22. The van der Waals surface area contributed by atoms with Gasteiger partial charge >= 0.3 is 0 Å². The molecule has 2 heterocycles. The molecule has 0 N–H and O–H groups in total. The highest BCUT2D eigenvalue weighted by atomic mass is 32.1. The van der Waals surface area contributed by atoms with Crippen LogP contribution < -0.4 is 9.64 Å². The van der Waals surface area contributed by atoms with E-state index < -0.39 is 0 Å². The third-order valence-electron chi connectivity index (χ3n) is 4.51. The zero-order valence-electron chi connectivity index (χ0n) is 16.2. The number of hydrogen-bond acceptors (Lipinski definition) is 6. The fourth-order valence-electron chi connectivity index (χ4n) is 2.95. The van der Waals surface area contributed by atoms with Gasteiger partial charge in [0.05, 0.1) is 17.3 Å². The van der Waals surface area contributed by atoms with Gasteiger partial charge in [-0.3, -0.25) is 14.4 Å². The maximum atomic E-state index is 13.3. The Morgan fingerprint density at radius 1 is 1.22 bits per heavy atom. The third-order valence-corrected chi connectivity index (χ3v) is 5.57. The summed E-state index contributed by atoms with van der Waals surface area (Å²) in [5.74, 6) is 0.183. The number of nitrogens with zero attached hydrogens (tertiary/aromatic N) is 5. The summed E-state index contributed by atoms with van der Waals surface area (Å²) >= 11 is 1.52. The van der Waals surface area contributed by atoms with E-state index in [9.17, 15) is 4.79 Å². The first-order valence-corrected chi connectivity index (χ1v) is 9.86. The van der Waals surface area contributed by atoms with Crippen LogP contribution in [0.5, 0.6) is 5.88 Å². The van der Waals surface area contributed by atoms with Crippen LogP contribution in [0.15, 0.2) is 30.5 Å². The lowest BCUT2D eigenvalue weighted by atomic mass is 10.3. The Hall–Kier alpha value is -2.45. The molecule has 0 fully saturated rings. The third kappa shape index (κ3) is 4.12. The topological polar surface area (TPSA) is 63.5 Å². The molecular weight excluding hydrogens is 362 g/mol. The van der Waals surface area contributed by atoms with E-state index in [1.54, 1.807) is 22.8 Å². The second-order valence-corrected chi connectivity index (χ2v) is 7.18. The van der Waals surface area contributed by atoms with E-state index in [1.165, 1.54) is 18.4 Å². The first-order valence-electron chi connectivity index (χ1n) is 9.04. The van der Waals surface area contributed by atoms with E-state index in [0.29, 0.717) is 23.1 Å². The number of carbonyl (C=O) groups is 1. The zero-order valence-corrected chi connectivity index (χ0v) is 17.0. The fourth-order valence-corrected chi connectivity index (χ4v) is 3.94. The number of thiazole rings is 1. The van der Waals surface area contributed by atoms with Crippen molar-refractivity contribution in [2.24, 2.45) is 7.05 Å². The summed E-state index contributed by atoms with van der Waals surface area (Å²) in [6.45, 7) is 7.45. The van der Waals surface area contributed by atoms with Crippen LogP contribution in [0.1, 0.15) is 24.2 Å². The van der Waals surface area contributed by atoms with Crippen molar-refractivity contribution in [1.29, 1.82) is 0 Å². The standard InChI is InChI=1S/C19H25N5O2S/c1-5-23(6-2)11-12-24(18(25)14-13-22(3)21-17(14)26-4)19-20-15-9-7-8-10-16(15)27-19/h7-10,13H,5-6,11-12H2,1-4H3. The fraction of sp³-hybridized carbons (Fsp3) is 0.421. The molecule has 0 radical (unpaired) electrons. The lowest BCUT2D eigenvalue weighted by Gasteiger charge is -2.24. The van der Waals surface area contributed by atoms with Crippen molar-refractivity contribution in [3.63, 3.8) is 0 Å². The van der Waals surface area contributed by atoms with E-state index in [2.05, 4.69) is 28.8 Å². The van der Waals surface area contributed by atoms with Gasteiger partial charge in [-0.25, -0.2) is 4.98 Å². The predicted molar refractivity (Wildman–Crippen MR) is 109 cm³/mol. The van der Waals surface area contributed by atoms with Crippen LogP contribution in [0.4, 0.5) is 5.13 Å².